The maximum atomic E-state index is 12.5. The van der Waals surface area contributed by atoms with Crippen molar-refractivity contribution in [3.8, 4) is 5.75 Å². The summed E-state index contributed by atoms with van der Waals surface area (Å²) in [5, 5.41) is 7.92. The average Bonchev–Trinajstić information content (AvgIpc) is 3.20. The van der Waals surface area contributed by atoms with E-state index in [1.807, 2.05) is 26.4 Å². The molecule has 0 aliphatic heterocycles. The van der Waals surface area contributed by atoms with Crippen molar-refractivity contribution in [1.82, 2.24) is 14.7 Å². The second-order valence-corrected chi connectivity index (χ2v) is 5.76. The van der Waals surface area contributed by atoms with Crippen LogP contribution in [0.2, 0.25) is 0 Å². The zero-order chi connectivity index (χ0) is 17.1. The minimum absolute atomic E-state index is 0.237. The van der Waals surface area contributed by atoms with Gasteiger partial charge in [0.25, 0.3) is 5.91 Å². The summed E-state index contributed by atoms with van der Waals surface area (Å²) in [4.78, 5) is 14.5. The third-order valence-electron chi connectivity index (χ3n) is 3.68. The highest BCUT2D eigenvalue weighted by Gasteiger charge is 2.13. The number of furan rings is 1. The first-order chi connectivity index (χ1) is 11.6. The van der Waals surface area contributed by atoms with Crippen molar-refractivity contribution in [1.29, 1.82) is 0 Å². The van der Waals surface area contributed by atoms with Gasteiger partial charge in [0.2, 0.25) is 0 Å². The second-order valence-electron chi connectivity index (χ2n) is 5.76. The molecule has 0 saturated heterocycles. The van der Waals surface area contributed by atoms with Gasteiger partial charge >= 0.3 is 0 Å². The van der Waals surface area contributed by atoms with Gasteiger partial charge in [-0.15, -0.1) is 0 Å². The monoisotopic (exact) mass is 328 g/mol. The van der Waals surface area contributed by atoms with Crippen LogP contribution in [0.3, 0.4) is 0 Å². The number of nitrogens with one attached hydrogen (secondary N) is 1. The van der Waals surface area contributed by atoms with Crippen molar-refractivity contribution in [3.05, 3.63) is 42.4 Å². The molecule has 1 aromatic carbocycles. The number of amides is 1. The van der Waals surface area contributed by atoms with Crippen molar-refractivity contribution in [3.63, 3.8) is 0 Å². The topological polar surface area (TPSA) is 72.5 Å². The molecule has 0 saturated carbocycles. The van der Waals surface area contributed by atoms with Crippen LogP contribution in [0.5, 0.6) is 5.75 Å². The highest BCUT2D eigenvalue weighted by molar-refractivity contribution is 6.06. The fraction of sp³-hybridized carbons (Fsp3) is 0.294. The number of methoxy groups -OCH3 is 1. The Morgan fingerprint density at radius 3 is 3.00 bits per heavy atom. The SMILES string of the molecule is COc1cc(C(=O)Nc2cnn(CCN(C)C)c2)cc2occc12. The van der Waals surface area contributed by atoms with Crippen molar-refractivity contribution in [2.45, 2.75) is 6.54 Å². The van der Waals surface area contributed by atoms with Crippen LogP contribution in [-0.4, -0.2) is 48.3 Å². The minimum Gasteiger partial charge on any atom is -0.496 e. The fourth-order valence-electron chi connectivity index (χ4n) is 2.39. The van der Waals surface area contributed by atoms with Crippen LogP contribution in [0.25, 0.3) is 11.0 Å². The first-order valence-corrected chi connectivity index (χ1v) is 7.60. The molecule has 24 heavy (non-hydrogen) atoms. The van der Waals surface area contributed by atoms with Crippen molar-refractivity contribution < 1.29 is 13.9 Å². The summed E-state index contributed by atoms with van der Waals surface area (Å²) < 4.78 is 12.5. The largest absolute Gasteiger partial charge is 0.496 e. The number of aromatic nitrogens is 2. The Morgan fingerprint density at radius 1 is 1.42 bits per heavy atom. The fourth-order valence-corrected chi connectivity index (χ4v) is 2.39. The molecule has 3 aromatic rings. The molecule has 0 unspecified atom stereocenters. The molecule has 7 nitrogen and oxygen atoms in total. The lowest BCUT2D eigenvalue weighted by molar-refractivity contribution is 0.102. The van der Waals surface area contributed by atoms with Crippen LogP contribution in [0.15, 0.2) is 41.3 Å². The molecule has 0 spiro atoms. The lowest BCUT2D eigenvalue weighted by Gasteiger charge is -2.08. The van der Waals surface area contributed by atoms with E-state index in [0.29, 0.717) is 22.6 Å². The number of ether oxygens (including phenoxy) is 1. The van der Waals surface area contributed by atoms with E-state index in [1.165, 1.54) is 0 Å². The number of fused-ring (bicyclic) bond motifs is 1. The Kier molecular flexibility index (Phi) is 4.52. The van der Waals surface area contributed by atoms with E-state index in [0.717, 1.165) is 18.5 Å². The molecule has 0 aliphatic rings. The molecule has 1 N–H and O–H groups in total. The molecule has 0 aliphatic carbocycles. The van der Waals surface area contributed by atoms with Crippen LogP contribution in [0.4, 0.5) is 5.69 Å². The Morgan fingerprint density at radius 2 is 2.25 bits per heavy atom. The molecule has 0 bridgehead atoms. The van der Waals surface area contributed by atoms with E-state index >= 15 is 0 Å². The molecular weight excluding hydrogens is 308 g/mol. The number of benzene rings is 1. The number of carbonyl (C=O) groups excluding carboxylic acids is 1. The van der Waals surface area contributed by atoms with Gasteiger partial charge in [0.15, 0.2) is 0 Å². The van der Waals surface area contributed by atoms with Gasteiger partial charge in [0.05, 0.1) is 37.2 Å². The normalized spacial score (nSPS) is 11.2. The van der Waals surface area contributed by atoms with Crippen molar-refractivity contribution >= 4 is 22.6 Å². The summed E-state index contributed by atoms with van der Waals surface area (Å²) in [7, 11) is 5.58. The zero-order valence-corrected chi connectivity index (χ0v) is 13.9. The lowest BCUT2D eigenvalue weighted by atomic mass is 10.1. The van der Waals surface area contributed by atoms with Crippen LogP contribution < -0.4 is 10.1 Å². The van der Waals surface area contributed by atoms with Gasteiger partial charge in [-0.25, -0.2) is 0 Å². The van der Waals surface area contributed by atoms with Crippen molar-refractivity contribution in [2.75, 3.05) is 33.1 Å². The molecule has 0 fully saturated rings. The van der Waals surface area contributed by atoms with Gasteiger partial charge in [-0.3, -0.25) is 9.48 Å². The smallest absolute Gasteiger partial charge is 0.256 e. The van der Waals surface area contributed by atoms with Crippen LogP contribution in [0.1, 0.15) is 10.4 Å². The lowest BCUT2D eigenvalue weighted by Crippen LogP contribution is -2.18. The molecular formula is C17H20N4O3. The van der Waals surface area contributed by atoms with Crippen LogP contribution >= 0.6 is 0 Å². The second kappa shape index (κ2) is 6.76. The zero-order valence-electron chi connectivity index (χ0n) is 13.9. The average molecular weight is 328 g/mol. The van der Waals surface area contributed by atoms with E-state index in [-0.39, 0.29) is 5.91 Å². The molecule has 1 amide bonds. The Bertz CT molecular complexity index is 851. The number of nitrogens with zero attached hydrogens (tertiary/aromatic N) is 3. The predicted molar refractivity (Wildman–Crippen MR) is 91.5 cm³/mol. The summed E-state index contributed by atoms with van der Waals surface area (Å²) >= 11 is 0. The Balaban J connectivity index is 1.75. The van der Waals surface area contributed by atoms with Gasteiger partial charge < -0.3 is 19.4 Å². The summed E-state index contributed by atoms with van der Waals surface area (Å²) in [5.41, 5.74) is 1.73. The van der Waals surface area contributed by atoms with Crippen molar-refractivity contribution in [2.24, 2.45) is 0 Å². The molecule has 2 heterocycles. The van der Waals surface area contributed by atoms with Gasteiger partial charge in [-0.1, -0.05) is 0 Å². The summed E-state index contributed by atoms with van der Waals surface area (Å²) in [6.07, 6.45) is 5.02. The number of hydrogen-bond donors (Lipinski definition) is 1. The van der Waals surface area contributed by atoms with E-state index in [2.05, 4.69) is 15.3 Å². The Hall–Kier alpha value is -2.80. The standard InChI is InChI=1S/C17H20N4O3/c1-20(2)5-6-21-11-13(10-18-21)19-17(22)12-8-15(23-3)14-4-7-24-16(14)9-12/h4,7-11H,5-6H2,1-3H3,(H,19,22). The van der Waals surface area contributed by atoms with Gasteiger partial charge in [-0.2, -0.15) is 5.10 Å². The molecule has 2 aromatic heterocycles. The quantitative estimate of drug-likeness (QED) is 0.752. The van der Waals surface area contributed by atoms with Crippen LogP contribution in [-0.2, 0) is 6.54 Å². The van der Waals surface area contributed by atoms with Gasteiger partial charge in [0.1, 0.15) is 11.3 Å². The van der Waals surface area contributed by atoms with E-state index in [4.69, 9.17) is 9.15 Å². The van der Waals surface area contributed by atoms with E-state index < -0.39 is 0 Å². The molecule has 3 rings (SSSR count). The molecule has 126 valence electrons. The van der Waals surface area contributed by atoms with E-state index in [9.17, 15) is 4.79 Å². The predicted octanol–water partition coefficient (Wildman–Crippen LogP) is 2.45. The third-order valence-corrected chi connectivity index (χ3v) is 3.68. The first-order valence-electron chi connectivity index (χ1n) is 7.60. The maximum Gasteiger partial charge on any atom is 0.256 e. The van der Waals surface area contributed by atoms with Gasteiger partial charge in [0, 0.05) is 18.3 Å². The molecule has 0 radical (unpaired) electrons. The summed E-state index contributed by atoms with van der Waals surface area (Å²) in [6, 6.07) is 5.21. The number of carbonyl (C=O) groups is 1. The highest BCUT2D eigenvalue weighted by atomic mass is 16.5. The third kappa shape index (κ3) is 3.41. The number of rotatable bonds is 6. The number of likely N-dealkylation sites (N-methyl/N-ethyl adjacent to an activating group) is 1. The number of anilines is 1. The van der Waals surface area contributed by atoms with Crippen LogP contribution in [0, 0.1) is 0 Å². The number of hydrogen-bond acceptors (Lipinski definition) is 5. The Labute approximate surface area is 139 Å². The molecule has 0 atom stereocenters. The molecule has 7 heteroatoms. The minimum atomic E-state index is -0.237. The summed E-state index contributed by atoms with van der Waals surface area (Å²) in [6.45, 7) is 1.64. The maximum absolute atomic E-state index is 12.5. The first kappa shape index (κ1) is 16.1. The van der Waals surface area contributed by atoms with E-state index in [1.54, 1.807) is 36.4 Å². The highest BCUT2D eigenvalue weighted by Crippen LogP contribution is 2.28. The summed E-state index contributed by atoms with van der Waals surface area (Å²) in [5.74, 6) is 0.367. The van der Waals surface area contributed by atoms with Gasteiger partial charge in [-0.05, 0) is 32.3 Å².